The zero-order chi connectivity index (χ0) is 23.9. The number of halogens is 1. The number of aryl methyl sites for hydroxylation is 2. The Morgan fingerprint density at radius 1 is 0.971 bits per heavy atom. The van der Waals surface area contributed by atoms with Crippen LogP contribution in [0.5, 0.6) is 0 Å². The van der Waals surface area contributed by atoms with Crippen molar-refractivity contribution in [1.82, 2.24) is 20.2 Å². The predicted molar refractivity (Wildman–Crippen MR) is 127 cm³/mol. The minimum Gasteiger partial charge on any atom is -0.447 e. The molecule has 4 rings (SSSR count). The van der Waals surface area contributed by atoms with E-state index in [0.717, 1.165) is 11.1 Å². The third-order valence-electron chi connectivity index (χ3n) is 5.56. The Morgan fingerprint density at radius 3 is 2.47 bits per heavy atom. The van der Waals surface area contributed by atoms with Gasteiger partial charge in [0.25, 0.3) is 5.91 Å². The second-order valence-corrected chi connectivity index (χ2v) is 8.37. The van der Waals surface area contributed by atoms with Gasteiger partial charge in [-0.15, -0.1) is 0 Å². The van der Waals surface area contributed by atoms with Crippen LogP contribution in [0.2, 0.25) is 0 Å². The van der Waals surface area contributed by atoms with Gasteiger partial charge in [-0.05, 0) is 60.4 Å². The van der Waals surface area contributed by atoms with E-state index in [2.05, 4.69) is 52.2 Å². The molecule has 1 amide bonds. The quantitative estimate of drug-likeness (QED) is 0.384. The van der Waals surface area contributed by atoms with Gasteiger partial charge in [-0.3, -0.25) is 14.7 Å². The first-order valence-electron chi connectivity index (χ1n) is 11.1. The van der Waals surface area contributed by atoms with E-state index in [-0.39, 0.29) is 17.4 Å². The van der Waals surface area contributed by atoms with Crippen LogP contribution in [0.4, 0.5) is 4.39 Å². The summed E-state index contributed by atoms with van der Waals surface area (Å²) in [5, 5.41) is 2.84. The first kappa shape index (κ1) is 23.3. The Balaban J connectivity index is 1.46. The van der Waals surface area contributed by atoms with Crippen molar-refractivity contribution in [2.24, 2.45) is 0 Å². The molecule has 0 unspecified atom stereocenters. The molecule has 0 atom stereocenters. The van der Waals surface area contributed by atoms with Crippen LogP contribution in [0.1, 0.15) is 44.2 Å². The fourth-order valence-corrected chi connectivity index (χ4v) is 3.73. The van der Waals surface area contributed by atoms with Crippen LogP contribution in [0.25, 0.3) is 0 Å². The van der Waals surface area contributed by atoms with Crippen LogP contribution < -0.4 is 5.32 Å². The van der Waals surface area contributed by atoms with E-state index in [1.165, 1.54) is 35.1 Å². The second kappa shape index (κ2) is 10.9. The number of oxazole rings is 1. The molecule has 0 saturated carbocycles. The van der Waals surface area contributed by atoms with Crippen molar-refractivity contribution in [3.05, 3.63) is 118 Å². The molecule has 0 fully saturated rings. The average Bonchev–Trinajstić information content (AvgIpc) is 3.30. The third kappa shape index (κ3) is 6.36. The Hall–Kier alpha value is -3.84. The monoisotopic (exact) mass is 458 g/mol. The van der Waals surface area contributed by atoms with Crippen molar-refractivity contribution in [3.63, 3.8) is 0 Å². The molecule has 1 N–H and O–H groups in total. The van der Waals surface area contributed by atoms with Crippen LogP contribution >= 0.6 is 0 Å². The number of hydrogen-bond acceptors (Lipinski definition) is 5. The van der Waals surface area contributed by atoms with Crippen molar-refractivity contribution in [2.75, 3.05) is 0 Å². The second-order valence-electron chi connectivity index (χ2n) is 8.37. The molecule has 0 spiro atoms. The first-order chi connectivity index (χ1) is 16.5. The molecular weight excluding hydrogens is 431 g/mol. The smallest absolute Gasteiger partial charge is 0.273 e. The molecule has 0 aliphatic rings. The molecule has 174 valence electrons. The first-order valence-corrected chi connectivity index (χ1v) is 11.1. The molecule has 0 saturated heterocycles. The lowest BCUT2D eigenvalue weighted by Gasteiger charge is -2.22. The summed E-state index contributed by atoms with van der Waals surface area (Å²) in [7, 11) is 0. The maximum absolute atomic E-state index is 13.4. The van der Waals surface area contributed by atoms with Crippen molar-refractivity contribution >= 4 is 5.91 Å². The van der Waals surface area contributed by atoms with Gasteiger partial charge >= 0.3 is 0 Å². The molecule has 7 heteroatoms. The fourth-order valence-electron chi connectivity index (χ4n) is 3.73. The molecule has 0 aliphatic carbocycles. The van der Waals surface area contributed by atoms with Gasteiger partial charge in [0.05, 0.1) is 6.54 Å². The van der Waals surface area contributed by atoms with Gasteiger partial charge < -0.3 is 9.73 Å². The molecular formula is C27H27FN4O2. The van der Waals surface area contributed by atoms with Crippen LogP contribution in [0.15, 0.2) is 77.7 Å². The topological polar surface area (TPSA) is 71.3 Å². The standard InChI is InChI=1S/C27H27FN4O2/c1-19-3-6-23(20(2)13-19)16-32(15-22-4-7-24(28)8-5-22)17-26-31-25(18-34-26)27(33)30-14-21-9-11-29-12-10-21/h3-13,18H,14-17H2,1-2H3,(H,30,33). The average molecular weight is 459 g/mol. The number of nitrogens with one attached hydrogen (secondary N) is 1. The van der Waals surface area contributed by atoms with E-state index in [4.69, 9.17) is 4.42 Å². The molecule has 2 aromatic heterocycles. The highest BCUT2D eigenvalue weighted by Crippen LogP contribution is 2.18. The number of carbonyl (C=O) groups is 1. The Kier molecular flexibility index (Phi) is 7.44. The highest BCUT2D eigenvalue weighted by atomic mass is 19.1. The number of amides is 1. The summed E-state index contributed by atoms with van der Waals surface area (Å²) in [6, 6.07) is 16.5. The number of hydrogen-bond donors (Lipinski definition) is 1. The minimum absolute atomic E-state index is 0.234. The number of aromatic nitrogens is 2. The van der Waals surface area contributed by atoms with Gasteiger partial charge in [0.2, 0.25) is 5.89 Å². The molecule has 34 heavy (non-hydrogen) atoms. The molecule has 2 heterocycles. The fraction of sp³-hybridized carbons (Fsp3) is 0.222. The van der Waals surface area contributed by atoms with Gasteiger partial charge in [0, 0.05) is 32.0 Å². The molecule has 0 bridgehead atoms. The maximum Gasteiger partial charge on any atom is 0.273 e. The minimum atomic E-state index is -0.300. The van der Waals surface area contributed by atoms with Crippen LogP contribution in [0, 0.1) is 19.7 Å². The van der Waals surface area contributed by atoms with Crippen molar-refractivity contribution < 1.29 is 13.6 Å². The number of rotatable bonds is 9. The van der Waals surface area contributed by atoms with Gasteiger partial charge in [0.1, 0.15) is 12.1 Å². The molecule has 0 aliphatic heterocycles. The van der Waals surface area contributed by atoms with Gasteiger partial charge in [0.15, 0.2) is 5.69 Å². The van der Waals surface area contributed by atoms with E-state index < -0.39 is 0 Å². The van der Waals surface area contributed by atoms with E-state index in [0.29, 0.717) is 32.1 Å². The predicted octanol–water partition coefficient (Wildman–Crippen LogP) is 4.96. The Bertz CT molecular complexity index is 1240. The summed E-state index contributed by atoms with van der Waals surface area (Å²) in [5.41, 5.74) is 5.76. The summed E-state index contributed by atoms with van der Waals surface area (Å²) in [4.78, 5) is 23.0. The van der Waals surface area contributed by atoms with Gasteiger partial charge in [-0.25, -0.2) is 9.37 Å². The molecule has 6 nitrogen and oxygen atoms in total. The largest absolute Gasteiger partial charge is 0.447 e. The lowest BCUT2D eigenvalue weighted by atomic mass is 10.0. The summed E-state index contributed by atoms with van der Waals surface area (Å²) in [6.45, 7) is 6.19. The van der Waals surface area contributed by atoms with Gasteiger partial charge in [-0.2, -0.15) is 0 Å². The zero-order valence-corrected chi connectivity index (χ0v) is 19.3. The highest BCUT2D eigenvalue weighted by molar-refractivity contribution is 5.91. The lowest BCUT2D eigenvalue weighted by Crippen LogP contribution is -2.24. The summed E-state index contributed by atoms with van der Waals surface area (Å²) < 4.78 is 19.0. The van der Waals surface area contributed by atoms with E-state index in [9.17, 15) is 9.18 Å². The number of carbonyl (C=O) groups excluding carboxylic acids is 1. The van der Waals surface area contributed by atoms with Crippen LogP contribution in [0.3, 0.4) is 0 Å². The Labute approximate surface area is 198 Å². The number of pyridine rings is 1. The third-order valence-corrected chi connectivity index (χ3v) is 5.56. The normalized spacial score (nSPS) is 11.1. The van der Waals surface area contributed by atoms with Crippen molar-refractivity contribution in [1.29, 1.82) is 0 Å². The van der Waals surface area contributed by atoms with E-state index in [1.807, 2.05) is 12.1 Å². The zero-order valence-electron chi connectivity index (χ0n) is 19.3. The molecule has 0 radical (unpaired) electrons. The van der Waals surface area contributed by atoms with Crippen LogP contribution in [-0.4, -0.2) is 20.8 Å². The summed E-state index contributed by atoms with van der Waals surface area (Å²) in [6.07, 6.45) is 4.74. The summed E-state index contributed by atoms with van der Waals surface area (Å²) in [5.74, 6) is -0.119. The van der Waals surface area contributed by atoms with Crippen molar-refractivity contribution in [3.8, 4) is 0 Å². The lowest BCUT2D eigenvalue weighted by molar-refractivity contribution is 0.0945. The van der Waals surface area contributed by atoms with Gasteiger partial charge in [-0.1, -0.05) is 35.9 Å². The van der Waals surface area contributed by atoms with E-state index in [1.54, 1.807) is 24.5 Å². The SMILES string of the molecule is Cc1ccc(CN(Cc2ccc(F)cc2)Cc2nc(C(=O)NCc3ccncc3)co2)c(C)c1. The summed E-state index contributed by atoms with van der Waals surface area (Å²) >= 11 is 0. The molecule has 2 aromatic carbocycles. The van der Waals surface area contributed by atoms with E-state index >= 15 is 0 Å². The van der Waals surface area contributed by atoms with Crippen molar-refractivity contribution in [2.45, 2.75) is 40.0 Å². The number of benzene rings is 2. The molecule has 4 aromatic rings. The maximum atomic E-state index is 13.4. The van der Waals surface area contributed by atoms with Crippen LogP contribution in [-0.2, 0) is 26.2 Å². The number of nitrogens with zero attached hydrogens (tertiary/aromatic N) is 3. The highest BCUT2D eigenvalue weighted by Gasteiger charge is 2.16. The Morgan fingerprint density at radius 2 is 1.74 bits per heavy atom.